The van der Waals surface area contributed by atoms with Gasteiger partial charge in [0.15, 0.2) is 0 Å². The van der Waals surface area contributed by atoms with Crippen molar-refractivity contribution < 1.29 is 26.4 Å². The van der Waals surface area contributed by atoms with Crippen molar-refractivity contribution in [1.82, 2.24) is 13.9 Å². The molecule has 0 aliphatic rings. The number of rotatable bonds is 8. The summed E-state index contributed by atoms with van der Waals surface area (Å²) in [6.45, 7) is 5.60. The zero-order valence-corrected chi connectivity index (χ0v) is 20.2. The van der Waals surface area contributed by atoms with Gasteiger partial charge in [0.1, 0.15) is 5.82 Å². The number of carbonyl (C=O) groups excluding carboxylic acids is 1. The van der Waals surface area contributed by atoms with Crippen molar-refractivity contribution in [2.24, 2.45) is 7.05 Å². The Hall–Kier alpha value is -2.92. The number of hydrogen-bond donors (Lipinski definition) is 1. The quantitative estimate of drug-likeness (QED) is 0.498. The molecule has 1 aromatic heterocycles. The van der Waals surface area contributed by atoms with E-state index < -0.39 is 27.7 Å². The second kappa shape index (κ2) is 9.75. The van der Waals surface area contributed by atoms with E-state index in [9.17, 15) is 26.4 Å². The molecule has 0 aliphatic heterocycles. The number of alkyl halides is 3. The Morgan fingerprint density at radius 3 is 2.41 bits per heavy atom. The van der Waals surface area contributed by atoms with Gasteiger partial charge in [0, 0.05) is 38.7 Å². The van der Waals surface area contributed by atoms with Crippen LogP contribution in [0.4, 0.5) is 18.9 Å². The molecule has 0 radical (unpaired) electrons. The largest absolute Gasteiger partial charge is 0.416 e. The third-order valence-electron chi connectivity index (χ3n) is 5.69. The highest BCUT2D eigenvalue weighted by Gasteiger charge is 2.32. The normalized spacial score (nSPS) is 12.5. The molecule has 3 aromatic rings. The van der Waals surface area contributed by atoms with Crippen LogP contribution in [-0.2, 0) is 34.5 Å². The topological polar surface area (TPSA) is 84.3 Å². The number of fused-ring (bicyclic) bond motifs is 1. The second-order valence-corrected chi connectivity index (χ2v) is 9.84. The Morgan fingerprint density at radius 1 is 1.12 bits per heavy atom. The van der Waals surface area contributed by atoms with Crippen molar-refractivity contribution in [3.63, 3.8) is 0 Å². The highest BCUT2D eigenvalue weighted by Crippen LogP contribution is 2.33. The van der Waals surface area contributed by atoms with Crippen LogP contribution in [0.3, 0.4) is 0 Å². The average Bonchev–Trinajstić information content (AvgIpc) is 3.08. The van der Waals surface area contributed by atoms with Gasteiger partial charge in [0.05, 0.1) is 21.5 Å². The van der Waals surface area contributed by atoms with Gasteiger partial charge in [0.2, 0.25) is 15.9 Å². The van der Waals surface area contributed by atoms with Gasteiger partial charge in [-0.05, 0) is 42.8 Å². The highest BCUT2D eigenvalue weighted by atomic mass is 32.2. The number of nitrogens with zero attached hydrogens (tertiary/aromatic N) is 3. The third kappa shape index (κ3) is 5.25. The molecular weight excluding hydrogens is 469 g/mol. The minimum atomic E-state index is -4.50. The molecule has 0 fully saturated rings. The maximum atomic E-state index is 13.1. The molecule has 0 saturated carbocycles. The number of anilines is 1. The van der Waals surface area contributed by atoms with Crippen molar-refractivity contribution in [1.29, 1.82) is 0 Å². The van der Waals surface area contributed by atoms with E-state index in [2.05, 4.69) is 10.3 Å². The van der Waals surface area contributed by atoms with Gasteiger partial charge >= 0.3 is 6.18 Å². The van der Waals surface area contributed by atoms with E-state index in [1.54, 1.807) is 31.5 Å². The molecule has 0 aliphatic carbocycles. The van der Waals surface area contributed by atoms with Crippen molar-refractivity contribution in [3.8, 4) is 0 Å². The minimum absolute atomic E-state index is 0.00298. The average molecular weight is 497 g/mol. The summed E-state index contributed by atoms with van der Waals surface area (Å²) in [6, 6.07) is 8.37. The van der Waals surface area contributed by atoms with Crippen molar-refractivity contribution >= 4 is 32.7 Å². The number of nitrogens with one attached hydrogen (secondary N) is 1. The maximum Gasteiger partial charge on any atom is 0.416 e. The Balaban J connectivity index is 1.76. The van der Waals surface area contributed by atoms with Gasteiger partial charge in [-0.3, -0.25) is 4.79 Å². The smallest absolute Gasteiger partial charge is 0.331 e. The first-order chi connectivity index (χ1) is 15.9. The first-order valence-corrected chi connectivity index (χ1v) is 12.3. The van der Waals surface area contributed by atoms with Gasteiger partial charge in [-0.1, -0.05) is 19.9 Å². The summed E-state index contributed by atoms with van der Waals surface area (Å²) in [5.41, 5.74) is 0.546. The highest BCUT2D eigenvalue weighted by molar-refractivity contribution is 7.89. The maximum absolute atomic E-state index is 13.1. The lowest BCUT2D eigenvalue weighted by Crippen LogP contribution is -2.30. The monoisotopic (exact) mass is 496 g/mol. The number of aromatic nitrogens is 2. The Kier molecular flexibility index (Phi) is 7.37. The number of halogens is 3. The van der Waals surface area contributed by atoms with Gasteiger partial charge < -0.3 is 9.88 Å². The second-order valence-electron chi connectivity index (χ2n) is 7.90. The molecule has 34 heavy (non-hydrogen) atoms. The predicted molar refractivity (Wildman–Crippen MR) is 124 cm³/mol. The summed E-state index contributed by atoms with van der Waals surface area (Å²) < 4.78 is 68.0. The molecule has 7 nitrogen and oxygen atoms in total. The fourth-order valence-corrected chi connectivity index (χ4v) is 5.26. The predicted octanol–water partition coefficient (Wildman–Crippen LogP) is 4.50. The standard InChI is InChI=1S/C23H27F3N4O3S/c1-5-30(6-2)34(32,33)17-9-10-20-19(14-17)28-21(29(20)4)11-12-22(31)27-16-8-7-15(3)18(13-16)23(24,25)26/h7-10,13-14H,5-6,11-12H2,1-4H3,(H,27,31). The molecule has 11 heteroatoms. The summed E-state index contributed by atoms with van der Waals surface area (Å²) in [7, 11) is -1.87. The Morgan fingerprint density at radius 2 is 1.79 bits per heavy atom. The lowest BCUT2D eigenvalue weighted by Gasteiger charge is -2.18. The lowest BCUT2D eigenvalue weighted by atomic mass is 10.1. The number of sulfonamides is 1. The van der Waals surface area contributed by atoms with Gasteiger partial charge in [0.25, 0.3) is 0 Å². The molecule has 2 aromatic carbocycles. The SMILES string of the molecule is CCN(CC)S(=O)(=O)c1ccc2c(c1)nc(CCC(=O)Nc1ccc(C)c(C(F)(F)F)c1)n2C. The Labute approximate surface area is 196 Å². The van der Waals surface area contributed by atoms with E-state index in [1.807, 2.05) is 0 Å². The number of amides is 1. The van der Waals surface area contributed by atoms with Crippen molar-refractivity contribution in [3.05, 3.63) is 53.3 Å². The fraction of sp³-hybridized carbons (Fsp3) is 0.391. The summed E-state index contributed by atoms with van der Waals surface area (Å²) in [6.07, 6.45) is -4.28. The van der Waals surface area contributed by atoms with Crippen LogP contribution < -0.4 is 5.32 Å². The fourth-order valence-electron chi connectivity index (χ4n) is 3.78. The van der Waals surface area contributed by atoms with Gasteiger partial charge in [-0.2, -0.15) is 17.5 Å². The molecular formula is C23H27F3N4O3S. The molecule has 184 valence electrons. The van der Waals surface area contributed by atoms with Crippen LogP contribution >= 0.6 is 0 Å². The van der Waals surface area contributed by atoms with Crippen LogP contribution in [0.25, 0.3) is 11.0 Å². The number of imidazole rings is 1. The van der Waals surface area contributed by atoms with E-state index in [-0.39, 0.29) is 29.0 Å². The van der Waals surface area contributed by atoms with Crippen LogP contribution in [0.2, 0.25) is 0 Å². The molecule has 3 rings (SSSR count). The summed E-state index contributed by atoms with van der Waals surface area (Å²) in [4.78, 5) is 17.0. The van der Waals surface area contributed by atoms with Crippen LogP contribution in [0.1, 0.15) is 37.2 Å². The van der Waals surface area contributed by atoms with E-state index in [0.717, 1.165) is 6.07 Å². The lowest BCUT2D eigenvalue weighted by molar-refractivity contribution is -0.138. The first-order valence-electron chi connectivity index (χ1n) is 10.8. The molecule has 1 amide bonds. The minimum Gasteiger partial charge on any atom is -0.331 e. The number of carbonyl (C=O) groups is 1. The van der Waals surface area contributed by atoms with E-state index in [1.165, 1.54) is 35.5 Å². The molecule has 0 atom stereocenters. The third-order valence-corrected chi connectivity index (χ3v) is 7.74. The van der Waals surface area contributed by atoms with Crippen molar-refractivity contribution in [2.45, 2.75) is 44.7 Å². The van der Waals surface area contributed by atoms with Gasteiger partial charge in [-0.15, -0.1) is 0 Å². The summed E-state index contributed by atoms with van der Waals surface area (Å²) in [5, 5.41) is 2.50. The summed E-state index contributed by atoms with van der Waals surface area (Å²) >= 11 is 0. The molecule has 1 N–H and O–H groups in total. The molecule has 1 heterocycles. The molecule has 0 bridgehead atoms. The van der Waals surface area contributed by atoms with E-state index in [0.29, 0.717) is 29.9 Å². The van der Waals surface area contributed by atoms with Gasteiger partial charge in [-0.25, -0.2) is 13.4 Å². The number of benzene rings is 2. The first kappa shape index (κ1) is 25.7. The Bertz CT molecular complexity index is 1310. The summed E-state index contributed by atoms with van der Waals surface area (Å²) in [5.74, 6) is 0.108. The van der Waals surface area contributed by atoms with E-state index in [4.69, 9.17) is 0 Å². The van der Waals surface area contributed by atoms with E-state index >= 15 is 0 Å². The molecule has 0 unspecified atom stereocenters. The zero-order valence-electron chi connectivity index (χ0n) is 19.4. The van der Waals surface area contributed by atoms with Crippen LogP contribution in [-0.4, -0.2) is 41.3 Å². The van der Waals surface area contributed by atoms with Crippen LogP contribution in [0.5, 0.6) is 0 Å². The van der Waals surface area contributed by atoms with Crippen molar-refractivity contribution in [2.75, 3.05) is 18.4 Å². The number of aryl methyl sites for hydroxylation is 3. The van der Waals surface area contributed by atoms with Crippen LogP contribution in [0, 0.1) is 6.92 Å². The number of hydrogen-bond acceptors (Lipinski definition) is 4. The zero-order chi connectivity index (χ0) is 25.3. The molecule has 0 spiro atoms. The van der Waals surface area contributed by atoms with Crippen LogP contribution in [0.15, 0.2) is 41.3 Å². The molecule has 0 saturated heterocycles.